The quantitative estimate of drug-likeness (QED) is 0.719. The Morgan fingerprint density at radius 3 is 2.79 bits per heavy atom. The second-order valence-electron chi connectivity index (χ2n) is 3.42. The van der Waals surface area contributed by atoms with Gasteiger partial charge < -0.3 is 0 Å². The fourth-order valence-electron chi connectivity index (χ4n) is 1.39. The molecule has 2 aromatic rings. The monoisotopic (exact) mass is 187 g/mol. The molecule has 0 amide bonds. The third-order valence-corrected chi connectivity index (χ3v) is 2.20. The predicted molar refractivity (Wildman–Crippen MR) is 55.0 cm³/mol. The molecule has 0 unspecified atom stereocenters. The zero-order chi connectivity index (χ0) is 9.97. The summed E-state index contributed by atoms with van der Waals surface area (Å²) in [5.74, 6) is 0. The molecule has 2 aromatic heterocycles. The number of hydrogen-bond donors (Lipinski definition) is 0. The maximum Gasteiger partial charge on any atom is 0.0834 e. The molecule has 0 aliphatic heterocycles. The van der Waals surface area contributed by atoms with E-state index >= 15 is 0 Å². The Balaban J connectivity index is 2.23. The highest BCUT2D eigenvalue weighted by Gasteiger charge is 2.00. The Morgan fingerprint density at radius 2 is 2.14 bits per heavy atom. The van der Waals surface area contributed by atoms with Crippen molar-refractivity contribution in [1.82, 2.24) is 14.8 Å². The van der Waals surface area contributed by atoms with Crippen molar-refractivity contribution in [2.75, 3.05) is 0 Å². The van der Waals surface area contributed by atoms with Crippen molar-refractivity contribution in [3.63, 3.8) is 0 Å². The van der Waals surface area contributed by atoms with Crippen LogP contribution in [0.2, 0.25) is 0 Å². The van der Waals surface area contributed by atoms with Crippen LogP contribution in [0.4, 0.5) is 0 Å². The van der Waals surface area contributed by atoms with Gasteiger partial charge >= 0.3 is 0 Å². The first-order chi connectivity index (χ1) is 6.75. The molecular formula is C11H13N3. The smallest absolute Gasteiger partial charge is 0.0834 e. The lowest BCUT2D eigenvalue weighted by Gasteiger charge is -2.03. The third kappa shape index (κ3) is 1.82. The largest absolute Gasteiger partial charge is 0.266 e. The van der Waals surface area contributed by atoms with Gasteiger partial charge in [-0.3, -0.25) is 9.67 Å². The summed E-state index contributed by atoms with van der Waals surface area (Å²) < 4.78 is 1.91. The molecule has 2 rings (SSSR count). The summed E-state index contributed by atoms with van der Waals surface area (Å²) in [7, 11) is 0. The number of rotatable bonds is 2. The van der Waals surface area contributed by atoms with Gasteiger partial charge in [0.15, 0.2) is 0 Å². The van der Waals surface area contributed by atoms with Crippen LogP contribution in [-0.2, 0) is 6.54 Å². The molecule has 72 valence electrons. The van der Waals surface area contributed by atoms with E-state index in [1.54, 1.807) is 0 Å². The van der Waals surface area contributed by atoms with Crippen LogP contribution in [0.1, 0.15) is 17.0 Å². The number of aromatic nitrogens is 3. The second kappa shape index (κ2) is 3.62. The molecule has 0 aliphatic carbocycles. The van der Waals surface area contributed by atoms with E-state index in [9.17, 15) is 0 Å². The van der Waals surface area contributed by atoms with E-state index in [2.05, 4.69) is 23.1 Å². The molecule has 14 heavy (non-hydrogen) atoms. The summed E-state index contributed by atoms with van der Waals surface area (Å²) >= 11 is 0. The number of nitrogens with zero attached hydrogens (tertiary/aromatic N) is 3. The molecule has 3 nitrogen and oxygen atoms in total. The average Bonchev–Trinajstić information content (AvgIpc) is 2.56. The normalized spacial score (nSPS) is 10.4. The molecule has 0 spiro atoms. The summed E-state index contributed by atoms with van der Waals surface area (Å²) in [6.07, 6.45) is 3.79. The minimum absolute atomic E-state index is 0.751. The Bertz CT molecular complexity index is 432. The Morgan fingerprint density at radius 1 is 1.29 bits per heavy atom. The van der Waals surface area contributed by atoms with Crippen LogP contribution < -0.4 is 0 Å². The minimum atomic E-state index is 0.751. The van der Waals surface area contributed by atoms with Gasteiger partial charge in [-0.25, -0.2) is 0 Å². The van der Waals surface area contributed by atoms with Crippen molar-refractivity contribution in [3.05, 3.63) is 47.5 Å². The van der Waals surface area contributed by atoms with E-state index in [0.29, 0.717) is 0 Å². The van der Waals surface area contributed by atoms with Gasteiger partial charge in [-0.05, 0) is 31.5 Å². The lowest BCUT2D eigenvalue weighted by molar-refractivity contribution is 0.663. The van der Waals surface area contributed by atoms with Gasteiger partial charge in [-0.15, -0.1) is 0 Å². The molecule has 0 radical (unpaired) electrons. The first kappa shape index (κ1) is 8.94. The Kier molecular flexibility index (Phi) is 2.31. The van der Waals surface area contributed by atoms with Gasteiger partial charge in [0.2, 0.25) is 0 Å². The van der Waals surface area contributed by atoms with E-state index in [1.807, 2.05) is 36.1 Å². The standard InChI is InChI=1S/C11H13N3/c1-9-4-3-6-12-11(9)8-14-7-5-10(2)13-14/h3-7H,8H2,1-2H3. The average molecular weight is 187 g/mol. The van der Waals surface area contributed by atoms with Crippen LogP contribution in [-0.4, -0.2) is 14.8 Å². The van der Waals surface area contributed by atoms with Gasteiger partial charge in [0, 0.05) is 12.4 Å². The fraction of sp³-hybridized carbons (Fsp3) is 0.273. The Hall–Kier alpha value is -1.64. The molecule has 0 N–H and O–H groups in total. The molecule has 0 aliphatic rings. The van der Waals surface area contributed by atoms with Crippen molar-refractivity contribution >= 4 is 0 Å². The van der Waals surface area contributed by atoms with Crippen LogP contribution in [0.5, 0.6) is 0 Å². The second-order valence-corrected chi connectivity index (χ2v) is 3.42. The summed E-state index contributed by atoms with van der Waals surface area (Å²) in [4.78, 5) is 4.32. The molecule has 0 aromatic carbocycles. The molecule has 0 saturated heterocycles. The summed E-state index contributed by atoms with van der Waals surface area (Å²) in [6.45, 7) is 4.81. The summed E-state index contributed by atoms with van der Waals surface area (Å²) in [5.41, 5.74) is 3.33. The molecule has 3 heteroatoms. The summed E-state index contributed by atoms with van der Waals surface area (Å²) in [5, 5.41) is 4.32. The highest BCUT2D eigenvalue weighted by atomic mass is 15.3. The molecule has 0 bridgehead atoms. The number of hydrogen-bond acceptors (Lipinski definition) is 2. The first-order valence-corrected chi connectivity index (χ1v) is 4.66. The SMILES string of the molecule is Cc1ccn(Cc2ncccc2C)n1. The number of pyridine rings is 1. The van der Waals surface area contributed by atoms with E-state index in [1.165, 1.54) is 5.56 Å². The van der Waals surface area contributed by atoms with E-state index < -0.39 is 0 Å². The topological polar surface area (TPSA) is 30.7 Å². The van der Waals surface area contributed by atoms with E-state index in [-0.39, 0.29) is 0 Å². The van der Waals surface area contributed by atoms with E-state index in [4.69, 9.17) is 0 Å². The minimum Gasteiger partial charge on any atom is -0.266 e. The number of aryl methyl sites for hydroxylation is 2. The van der Waals surface area contributed by atoms with Gasteiger partial charge in [-0.2, -0.15) is 5.10 Å². The first-order valence-electron chi connectivity index (χ1n) is 4.66. The summed E-state index contributed by atoms with van der Waals surface area (Å²) in [6, 6.07) is 6.02. The molecule has 0 atom stereocenters. The van der Waals surface area contributed by atoms with Crippen molar-refractivity contribution in [1.29, 1.82) is 0 Å². The van der Waals surface area contributed by atoms with Crippen molar-refractivity contribution in [2.45, 2.75) is 20.4 Å². The van der Waals surface area contributed by atoms with Crippen LogP contribution in [0.25, 0.3) is 0 Å². The third-order valence-electron chi connectivity index (χ3n) is 2.20. The highest BCUT2D eigenvalue weighted by Crippen LogP contribution is 2.05. The van der Waals surface area contributed by atoms with Gasteiger partial charge in [-0.1, -0.05) is 6.07 Å². The maximum atomic E-state index is 4.32. The van der Waals surface area contributed by atoms with Gasteiger partial charge in [0.05, 0.1) is 17.9 Å². The lowest BCUT2D eigenvalue weighted by Crippen LogP contribution is -2.04. The van der Waals surface area contributed by atoms with Crippen LogP contribution in [0.15, 0.2) is 30.6 Å². The molecular weight excluding hydrogens is 174 g/mol. The van der Waals surface area contributed by atoms with Crippen molar-refractivity contribution in [3.8, 4) is 0 Å². The maximum absolute atomic E-state index is 4.32. The van der Waals surface area contributed by atoms with Gasteiger partial charge in [0.25, 0.3) is 0 Å². The van der Waals surface area contributed by atoms with Crippen molar-refractivity contribution in [2.24, 2.45) is 0 Å². The van der Waals surface area contributed by atoms with Crippen LogP contribution in [0, 0.1) is 13.8 Å². The lowest BCUT2D eigenvalue weighted by atomic mass is 10.2. The van der Waals surface area contributed by atoms with E-state index in [0.717, 1.165) is 17.9 Å². The zero-order valence-corrected chi connectivity index (χ0v) is 8.44. The van der Waals surface area contributed by atoms with Crippen molar-refractivity contribution < 1.29 is 0 Å². The van der Waals surface area contributed by atoms with Gasteiger partial charge in [0.1, 0.15) is 0 Å². The predicted octanol–water partition coefficient (Wildman–Crippen LogP) is 1.94. The molecule has 0 saturated carbocycles. The fourth-order valence-corrected chi connectivity index (χ4v) is 1.39. The van der Waals surface area contributed by atoms with Crippen LogP contribution in [0.3, 0.4) is 0 Å². The highest BCUT2D eigenvalue weighted by molar-refractivity contribution is 5.17. The Labute approximate surface area is 83.4 Å². The van der Waals surface area contributed by atoms with Crippen LogP contribution >= 0.6 is 0 Å². The zero-order valence-electron chi connectivity index (χ0n) is 8.44. The molecule has 2 heterocycles. The molecule has 0 fully saturated rings.